The van der Waals surface area contributed by atoms with Crippen LogP contribution in [0.3, 0.4) is 0 Å². The fourth-order valence-electron chi connectivity index (χ4n) is 2.03. The predicted molar refractivity (Wildman–Crippen MR) is 86.0 cm³/mol. The van der Waals surface area contributed by atoms with Gasteiger partial charge in [0, 0.05) is 43.9 Å². The molecular formula is C14H16FN4S2+. The van der Waals surface area contributed by atoms with Gasteiger partial charge in [-0.2, -0.15) is 0 Å². The summed E-state index contributed by atoms with van der Waals surface area (Å²) in [5, 5.41) is 4.72. The summed E-state index contributed by atoms with van der Waals surface area (Å²) in [6, 6.07) is 2.09. The third-order valence-corrected chi connectivity index (χ3v) is 5.05. The standard InChI is InChI=1S/C14H15FN4S2/c1-8-13(19(2)14(20)18-11-3-4-11)21-12(17-8)9-5-10(15)7-16-6-9/h5-7,11H,3-4H2,1-2H3,(H,18,20)/p+1. The molecule has 0 spiro atoms. The second kappa shape index (κ2) is 5.75. The molecule has 7 heteroatoms. The zero-order chi connectivity index (χ0) is 15.0. The van der Waals surface area contributed by atoms with E-state index in [1.54, 1.807) is 6.20 Å². The minimum absolute atomic E-state index is 0.354. The summed E-state index contributed by atoms with van der Waals surface area (Å²) in [5.74, 6) is -0.354. The Balaban J connectivity index is 1.85. The van der Waals surface area contributed by atoms with Crippen molar-refractivity contribution >= 4 is 33.7 Å². The Morgan fingerprint density at radius 3 is 2.90 bits per heavy atom. The van der Waals surface area contributed by atoms with Crippen molar-refractivity contribution in [2.75, 3.05) is 11.9 Å². The molecule has 2 aromatic rings. The summed E-state index contributed by atoms with van der Waals surface area (Å²) in [6.07, 6.45) is 5.28. The van der Waals surface area contributed by atoms with Crippen molar-refractivity contribution in [2.24, 2.45) is 0 Å². The van der Waals surface area contributed by atoms with Crippen LogP contribution in [-0.4, -0.2) is 28.2 Å². The van der Waals surface area contributed by atoms with Gasteiger partial charge in [0.05, 0.1) is 17.9 Å². The van der Waals surface area contributed by atoms with Crippen molar-refractivity contribution in [3.05, 3.63) is 30.0 Å². The minimum atomic E-state index is -0.354. The number of aryl methyl sites for hydroxylation is 1. The third kappa shape index (κ3) is 3.25. The molecule has 1 saturated carbocycles. The number of nitrogens with zero attached hydrogens (tertiary/aromatic N) is 3. The number of thiocarbonyl (C=S) groups is 1. The molecule has 0 saturated heterocycles. The molecule has 0 radical (unpaired) electrons. The fraction of sp³-hybridized carbons (Fsp3) is 0.357. The van der Waals surface area contributed by atoms with E-state index in [-0.39, 0.29) is 5.82 Å². The molecule has 2 N–H and O–H groups in total. The first-order valence-corrected chi connectivity index (χ1v) is 7.98. The molecule has 0 amide bonds. The van der Waals surface area contributed by atoms with E-state index in [0.717, 1.165) is 20.8 Å². The number of anilines is 1. The average Bonchev–Trinajstić information content (AvgIpc) is 3.18. The fourth-order valence-corrected chi connectivity index (χ4v) is 3.39. The maximum Gasteiger partial charge on any atom is 0.274 e. The second-order valence-corrected chi connectivity index (χ2v) is 6.60. The third-order valence-electron chi connectivity index (χ3n) is 3.36. The first kappa shape index (κ1) is 14.5. The summed E-state index contributed by atoms with van der Waals surface area (Å²) in [5.41, 5.74) is 1.59. The van der Waals surface area contributed by atoms with Gasteiger partial charge in [0.1, 0.15) is 15.8 Å². The lowest BCUT2D eigenvalue weighted by Gasteiger charge is -2.15. The Morgan fingerprint density at radius 2 is 2.24 bits per heavy atom. The number of halogens is 1. The Morgan fingerprint density at radius 1 is 1.48 bits per heavy atom. The number of aromatic nitrogens is 2. The monoisotopic (exact) mass is 323 g/mol. The highest BCUT2D eigenvalue weighted by Gasteiger charge is 2.29. The number of thiazole rings is 1. The molecule has 21 heavy (non-hydrogen) atoms. The molecule has 110 valence electrons. The summed E-state index contributed by atoms with van der Waals surface area (Å²) < 4.78 is 13.3. The average molecular weight is 323 g/mol. The van der Waals surface area contributed by atoms with Gasteiger partial charge < -0.3 is 0 Å². The van der Waals surface area contributed by atoms with Gasteiger partial charge >= 0.3 is 0 Å². The van der Waals surface area contributed by atoms with Crippen LogP contribution in [0, 0.1) is 12.7 Å². The predicted octanol–water partition coefficient (Wildman–Crippen LogP) is 2.10. The van der Waals surface area contributed by atoms with Crippen LogP contribution in [0.1, 0.15) is 18.5 Å². The van der Waals surface area contributed by atoms with Gasteiger partial charge in [-0.1, -0.05) is 11.3 Å². The van der Waals surface area contributed by atoms with Gasteiger partial charge in [-0.25, -0.2) is 9.37 Å². The van der Waals surface area contributed by atoms with E-state index >= 15 is 0 Å². The van der Waals surface area contributed by atoms with Crippen molar-refractivity contribution in [3.8, 4) is 10.6 Å². The van der Waals surface area contributed by atoms with E-state index in [0.29, 0.717) is 11.6 Å². The van der Waals surface area contributed by atoms with Crippen LogP contribution in [0.2, 0.25) is 0 Å². The molecule has 0 unspecified atom stereocenters. The molecule has 3 rings (SSSR count). The van der Waals surface area contributed by atoms with Crippen molar-refractivity contribution in [2.45, 2.75) is 25.8 Å². The maximum absolute atomic E-state index is 13.3. The van der Waals surface area contributed by atoms with Crippen molar-refractivity contribution < 1.29 is 9.71 Å². The number of nitrogens with two attached hydrogens (primary N) is 1. The Bertz CT molecular complexity index is 681. The Labute approximate surface area is 132 Å². The van der Waals surface area contributed by atoms with Gasteiger partial charge in [0.15, 0.2) is 0 Å². The molecular weight excluding hydrogens is 307 g/mol. The van der Waals surface area contributed by atoms with Crippen LogP contribution in [0.15, 0.2) is 18.5 Å². The van der Waals surface area contributed by atoms with Crippen LogP contribution in [-0.2, 0) is 0 Å². The number of quaternary nitrogens is 1. The van der Waals surface area contributed by atoms with Gasteiger partial charge in [-0.3, -0.25) is 15.2 Å². The summed E-state index contributed by atoms with van der Waals surface area (Å²) >= 11 is 6.96. The van der Waals surface area contributed by atoms with Crippen LogP contribution in [0.5, 0.6) is 0 Å². The highest BCUT2D eigenvalue weighted by molar-refractivity contribution is 7.80. The topological polar surface area (TPSA) is 45.6 Å². The Kier molecular flexibility index (Phi) is 3.97. The van der Waals surface area contributed by atoms with E-state index in [2.05, 4.69) is 15.3 Å². The zero-order valence-corrected chi connectivity index (χ0v) is 13.5. The lowest BCUT2D eigenvalue weighted by Crippen LogP contribution is -2.92. The van der Waals surface area contributed by atoms with Gasteiger partial charge in [0.25, 0.3) is 5.11 Å². The van der Waals surface area contributed by atoms with Gasteiger partial charge in [0.2, 0.25) is 0 Å². The number of pyridine rings is 1. The molecule has 2 heterocycles. The van der Waals surface area contributed by atoms with Gasteiger partial charge in [-0.15, -0.1) is 0 Å². The smallest absolute Gasteiger partial charge is 0.274 e. The first-order valence-electron chi connectivity index (χ1n) is 6.75. The molecule has 0 bridgehead atoms. The summed E-state index contributed by atoms with van der Waals surface area (Å²) in [4.78, 5) is 10.4. The molecule has 1 fully saturated rings. The van der Waals surface area contributed by atoms with E-state index in [1.807, 2.05) is 18.9 Å². The van der Waals surface area contributed by atoms with Crippen LogP contribution in [0.4, 0.5) is 9.39 Å². The van der Waals surface area contributed by atoms with Gasteiger partial charge in [-0.05, 0) is 13.0 Å². The lowest BCUT2D eigenvalue weighted by molar-refractivity contribution is -0.552. The van der Waals surface area contributed by atoms with Crippen LogP contribution < -0.4 is 10.2 Å². The van der Waals surface area contributed by atoms with E-state index in [4.69, 9.17) is 12.2 Å². The maximum atomic E-state index is 13.3. The quantitative estimate of drug-likeness (QED) is 0.879. The van der Waals surface area contributed by atoms with Crippen LogP contribution in [0.25, 0.3) is 10.6 Å². The van der Waals surface area contributed by atoms with Crippen molar-refractivity contribution in [1.29, 1.82) is 0 Å². The molecule has 1 aliphatic rings. The minimum Gasteiger partial charge on any atom is -0.286 e. The SMILES string of the molecule is Cc1nc(-c2cncc(F)c2)sc1N(C)C(=S)[NH2+]C1CC1. The van der Waals surface area contributed by atoms with Crippen molar-refractivity contribution in [1.82, 2.24) is 9.97 Å². The van der Waals surface area contributed by atoms with E-state index in [1.165, 1.54) is 36.4 Å². The summed E-state index contributed by atoms with van der Waals surface area (Å²) in [7, 11) is 1.95. The second-order valence-electron chi connectivity index (χ2n) is 5.20. The lowest BCUT2D eigenvalue weighted by atomic mass is 10.3. The molecule has 4 nitrogen and oxygen atoms in total. The molecule has 1 aliphatic carbocycles. The van der Waals surface area contributed by atoms with Crippen LogP contribution >= 0.6 is 23.6 Å². The number of hydrogen-bond acceptors (Lipinski definition) is 4. The largest absolute Gasteiger partial charge is 0.286 e. The highest BCUT2D eigenvalue weighted by Crippen LogP contribution is 2.33. The molecule has 0 aromatic carbocycles. The molecule has 0 aliphatic heterocycles. The molecule has 2 aromatic heterocycles. The first-order chi connectivity index (χ1) is 10.0. The zero-order valence-electron chi connectivity index (χ0n) is 11.8. The van der Waals surface area contributed by atoms with E-state index < -0.39 is 0 Å². The number of hydrogen-bond donors (Lipinski definition) is 1. The van der Waals surface area contributed by atoms with Crippen molar-refractivity contribution in [3.63, 3.8) is 0 Å². The van der Waals surface area contributed by atoms with E-state index in [9.17, 15) is 4.39 Å². The number of rotatable bonds is 3. The highest BCUT2D eigenvalue weighted by atomic mass is 32.1. The molecule has 0 atom stereocenters. The Hall–Kier alpha value is -1.44. The summed E-state index contributed by atoms with van der Waals surface area (Å²) in [6.45, 7) is 1.94. The normalized spacial score (nSPS) is 14.2.